The largest absolute Gasteiger partial charge is 0.375 e. The average molecular weight is 481 g/mol. The lowest BCUT2D eigenvalue weighted by atomic mass is 9.66. The topological polar surface area (TPSA) is 49.9 Å². The monoisotopic (exact) mass is 480 g/mol. The zero-order chi connectivity index (χ0) is 24.2. The Bertz CT molecular complexity index is 961. The molecule has 0 bridgehead atoms. The van der Waals surface area contributed by atoms with Gasteiger partial charge in [0, 0.05) is 30.1 Å². The zero-order valence-corrected chi connectivity index (χ0v) is 20.1. The molecule has 33 heavy (non-hydrogen) atoms. The maximum absolute atomic E-state index is 15.4. The van der Waals surface area contributed by atoms with Crippen LogP contribution in [0.5, 0.6) is 0 Å². The summed E-state index contributed by atoms with van der Waals surface area (Å²) in [4.78, 5) is 28.2. The van der Waals surface area contributed by atoms with Crippen molar-refractivity contribution in [3.63, 3.8) is 0 Å². The van der Waals surface area contributed by atoms with E-state index in [1.807, 2.05) is 39.0 Å². The molecule has 3 heterocycles. The molecule has 1 aromatic rings. The summed E-state index contributed by atoms with van der Waals surface area (Å²) in [5.41, 5.74) is -0.899. The second-order valence-corrected chi connectivity index (χ2v) is 10.8. The van der Waals surface area contributed by atoms with Gasteiger partial charge in [0.15, 0.2) is 0 Å². The van der Waals surface area contributed by atoms with Crippen molar-refractivity contribution in [1.29, 1.82) is 0 Å². The number of benzene rings is 1. The van der Waals surface area contributed by atoms with Crippen LogP contribution in [0, 0.1) is 11.3 Å². The van der Waals surface area contributed by atoms with E-state index in [4.69, 9.17) is 16.3 Å². The molecule has 4 rings (SSSR count). The first-order valence-electron chi connectivity index (χ1n) is 11.4. The van der Waals surface area contributed by atoms with Gasteiger partial charge in [-0.3, -0.25) is 9.59 Å². The number of alkyl halides is 2. The highest BCUT2D eigenvalue weighted by atomic mass is 35.5. The first-order valence-corrected chi connectivity index (χ1v) is 11.8. The van der Waals surface area contributed by atoms with E-state index in [0.717, 1.165) is 11.6 Å². The maximum atomic E-state index is 15.4. The summed E-state index contributed by atoms with van der Waals surface area (Å²) >= 11 is 6.47. The van der Waals surface area contributed by atoms with E-state index in [-0.39, 0.29) is 49.9 Å². The minimum absolute atomic E-state index is 0.0137. The minimum atomic E-state index is -3.10. The summed E-state index contributed by atoms with van der Waals surface area (Å²) in [6.07, 6.45) is 1.85. The molecule has 3 atom stereocenters. The Morgan fingerprint density at radius 1 is 1.18 bits per heavy atom. The molecule has 2 amide bonds. The Hall–Kier alpha value is -1.99. The Labute approximate surface area is 198 Å². The number of halogens is 3. The molecule has 5 nitrogen and oxygen atoms in total. The lowest BCUT2D eigenvalue weighted by Crippen LogP contribution is -2.73. The van der Waals surface area contributed by atoms with Gasteiger partial charge in [-0.2, -0.15) is 0 Å². The van der Waals surface area contributed by atoms with Crippen molar-refractivity contribution in [2.45, 2.75) is 57.1 Å². The molecular weight excluding hydrogens is 450 g/mol. The number of hydrogen-bond acceptors (Lipinski definition) is 3. The molecule has 1 aromatic carbocycles. The molecule has 180 valence electrons. The van der Waals surface area contributed by atoms with Gasteiger partial charge in [-0.1, -0.05) is 36.4 Å². The van der Waals surface area contributed by atoms with Crippen molar-refractivity contribution in [2.24, 2.45) is 11.3 Å². The van der Waals surface area contributed by atoms with Crippen LogP contribution in [0.15, 0.2) is 36.9 Å². The van der Waals surface area contributed by atoms with E-state index in [1.165, 1.54) is 9.80 Å². The first kappa shape index (κ1) is 24.1. The lowest BCUT2D eigenvalue weighted by molar-refractivity contribution is -0.233. The number of likely N-dealkylation sites (tertiary alicyclic amines) is 2. The van der Waals surface area contributed by atoms with Gasteiger partial charge in [-0.05, 0) is 51.3 Å². The molecule has 1 spiro atoms. The fourth-order valence-electron chi connectivity index (χ4n) is 5.71. The van der Waals surface area contributed by atoms with E-state index in [1.54, 1.807) is 6.07 Å². The van der Waals surface area contributed by atoms with Crippen molar-refractivity contribution < 1.29 is 23.1 Å². The lowest BCUT2D eigenvalue weighted by Gasteiger charge is -2.59. The van der Waals surface area contributed by atoms with E-state index in [2.05, 4.69) is 6.58 Å². The number of ether oxygens (including phenoxy) is 1. The molecule has 0 unspecified atom stereocenters. The van der Waals surface area contributed by atoms with Crippen LogP contribution in [0.4, 0.5) is 8.78 Å². The van der Waals surface area contributed by atoms with Gasteiger partial charge >= 0.3 is 0 Å². The smallest absolute Gasteiger partial charge is 0.274 e. The second kappa shape index (κ2) is 8.35. The Morgan fingerprint density at radius 2 is 1.85 bits per heavy atom. The Kier molecular flexibility index (Phi) is 6.11. The predicted octanol–water partition coefficient (Wildman–Crippen LogP) is 4.51. The van der Waals surface area contributed by atoms with E-state index >= 15 is 8.78 Å². The van der Waals surface area contributed by atoms with Gasteiger partial charge in [0.05, 0.1) is 30.1 Å². The number of hydrogen-bond donors (Lipinski definition) is 0. The molecule has 0 N–H and O–H groups in total. The van der Waals surface area contributed by atoms with Crippen LogP contribution in [0.25, 0.3) is 0 Å². The van der Waals surface area contributed by atoms with Crippen LogP contribution in [0.3, 0.4) is 0 Å². The fourth-order valence-corrected chi connectivity index (χ4v) is 5.98. The van der Waals surface area contributed by atoms with Gasteiger partial charge in [0.1, 0.15) is 0 Å². The summed E-state index contributed by atoms with van der Waals surface area (Å²) in [5, 5.41) is 0.565. The van der Waals surface area contributed by atoms with Crippen molar-refractivity contribution in [1.82, 2.24) is 9.80 Å². The third kappa shape index (κ3) is 4.18. The third-order valence-corrected chi connectivity index (χ3v) is 7.94. The molecule has 0 saturated carbocycles. The van der Waals surface area contributed by atoms with Gasteiger partial charge in [0.2, 0.25) is 11.8 Å². The van der Waals surface area contributed by atoms with Crippen LogP contribution in [0.2, 0.25) is 5.02 Å². The maximum Gasteiger partial charge on any atom is 0.274 e. The molecule has 3 fully saturated rings. The summed E-state index contributed by atoms with van der Waals surface area (Å²) in [5.74, 6) is -4.58. The summed E-state index contributed by atoms with van der Waals surface area (Å²) in [7, 11) is 0. The van der Waals surface area contributed by atoms with Crippen molar-refractivity contribution in [2.75, 3.05) is 26.2 Å². The fraction of sp³-hybridized carbons (Fsp3) is 0.600. The predicted molar refractivity (Wildman–Crippen MR) is 122 cm³/mol. The Balaban J connectivity index is 1.56. The van der Waals surface area contributed by atoms with Crippen LogP contribution in [0.1, 0.15) is 45.1 Å². The third-order valence-electron chi connectivity index (χ3n) is 7.59. The highest BCUT2D eigenvalue weighted by molar-refractivity contribution is 6.31. The van der Waals surface area contributed by atoms with Gasteiger partial charge in [0.25, 0.3) is 5.92 Å². The average Bonchev–Trinajstić information content (AvgIpc) is 2.72. The molecule has 3 aliphatic rings. The molecule has 8 heteroatoms. The quantitative estimate of drug-likeness (QED) is 0.598. The van der Waals surface area contributed by atoms with Crippen molar-refractivity contribution >= 4 is 23.4 Å². The highest BCUT2D eigenvalue weighted by Gasteiger charge is 2.65. The van der Waals surface area contributed by atoms with Gasteiger partial charge in [-0.25, -0.2) is 8.78 Å². The van der Waals surface area contributed by atoms with Gasteiger partial charge in [-0.15, -0.1) is 0 Å². The van der Waals surface area contributed by atoms with Crippen molar-refractivity contribution in [3.8, 4) is 0 Å². The normalized spacial score (nSPS) is 29.9. The molecule has 0 aromatic heterocycles. The first-order chi connectivity index (χ1) is 15.4. The van der Waals surface area contributed by atoms with Crippen LogP contribution >= 0.6 is 11.6 Å². The van der Waals surface area contributed by atoms with Crippen LogP contribution in [-0.4, -0.2) is 65.4 Å². The van der Waals surface area contributed by atoms with Crippen LogP contribution in [-0.2, 0) is 14.3 Å². The van der Waals surface area contributed by atoms with E-state index in [9.17, 15) is 9.59 Å². The number of nitrogens with zero attached hydrogens (tertiary/aromatic N) is 2. The molecule has 0 aliphatic carbocycles. The SMILES string of the molecule is C=CC(=O)N1CC2(C[C@@H](C)N(C(=O)[C@H]3COC(C)(C)C[C@@H]3c3ccccc3Cl)CC2(F)F)C1. The molecular formula is C25H31ClF2N2O3. The summed E-state index contributed by atoms with van der Waals surface area (Å²) < 4.78 is 36.8. The standard InChI is InChI=1S/C25H31ClF2N2O3/c1-5-21(31)29-13-24(14-29)10-16(2)30(15-25(24,27)28)22(32)19-12-33-23(3,4)11-18(19)17-8-6-7-9-20(17)26/h5-9,16,18-19H,1,10-15H2,2-4H3/t16-,18-,19+/m1/s1. The molecule has 3 aliphatic heterocycles. The minimum Gasteiger partial charge on any atom is -0.375 e. The number of rotatable bonds is 3. The number of piperidine rings is 1. The summed E-state index contributed by atoms with van der Waals surface area (Å²) in [6, 6.07) is 7.02. The Morgan fingerprint density at radius 3 is 2.48 bits per heavy atom. The number of amides is 2. The van der Waals surface area contributed by atoms with E-state index in [0.29, 0.717) is 11.4 Å². The van der Waals surface area contributed by atoms with Crippen LogP contribution < -0.4 is 0 Å². The van der Waals surface area contributed by atoms with E-state index < -0.39 is 29.4 Å². The summed E-state index contributed by atoms with van der Waals surface area (Å²) in [6.45, 7) is 8.64. The molecule has 3 saturated heterocycles. The van der Waals surface area contributed by atoms with Crippen molar-refractivity contribution in [3.05, 3.63) is 47.5 Å². The number of carbonyl (C=O) groups is 2. The second-order valence-electron chi connectivity index (χ2n) is 10.4. The highest BCUT2D eigenvalue weighted by Crippen LogP contribution is 2.52. The molecule has 0 radical (unpaired) electrons. The van der Waals surface area contributed by atoms with Gasteiger partial charge < -0.3 is 14.5 Å². The zero-order valence-electron chi connectivity index (χ0n) is 19.3. The number of carbonyl (C=O) groups excluding carboxylic acids is 2.